The Morgan fingerprint density at radius 1 is 1.56 bits per heavy atom. The summed E-state index contributed by atoms with van der Waals surface area (Å²) in [5.74, 6) is -0.0385. The first-order valence-corrected chi connectivity index (χ1v) is 5.99. The molecule has 4 heteroatoms. The Bertz CT molecular complexity index is 379. The van der Waals surface area contributed by atoms with E-state index in [2.05, 4.69) is 21.2 Å². The van der Waals surface area contributed by atoms with Gasteiger partial charge < -0.3 is 10.4 Å². The van der Waals surface area contributed by atoms with Gasteiger partial charge in [-0.2, -0.15) is 0 Å². The third-order valence-corrected chi connectivity index (χ3v) is 3.41. The van der Waals surface area contributed by atoms with E-state index in [0.29, 0.717) is 12.1 Å². The number of aliphatic hydroxyl groups is 1. The lowest BCUT2D eigenvalue weighted by molar-refractivity contribution is 0.0941. The summed E-state index contributed by atoms with van der Waals surface area (Å²) in [7, 11) is 0. The third-order valence-electron chi connectivity index (χ3n) is 2.36. The molecule has 1 atom stereocenters. The van der Waals surface area contributed by atoms with Crippen LogP contribution in [0.4, 0.5) is 0 Å². The van der Waals surface area contributed by atoms with Gasteiger partial charge in [0.1, 0.15) is 0 Å². The van der Waals surface area contributed by atoms with Gasteiger partial charge in [-0.15, -0.1) is 0 Å². The van der Waals surface area contributed by atoms with E-state index in [4.69, 9.17) is 5.11 Å². The molecular weight excluding hydrogens is 270 g/mol. The molecule has 1 aromatic carbocycles. The van der Waals surface area contributed by atoms with Gasteiger partial charge in [-0.05, 0) is 40.4 Å². The summed E-state index contributed by atoms with van der Waals surface area (Å²) in [5.41, 5.74) is 1.66. The molecule has 3 nitrogen and oxygen atoms in total. The van der Waals surface area contributed by atoms with Gasteiger partial charge >= 0.3 is 0 Å². The Balaban J connectivity index is 2.70. The molecule has 0 heterocycles. The quantitative estimate of drug-likeness (QED) is 0.890. The SMILES string of the molecule is Cc1cccc(C(=O)NCC(C)CO)c1Br. The van der Waals surface area contributed by atoms with Crippen LogP contribution in [0.3, 0.4) is 0 Å². The number of aliphatic hydroxyl groups excluding tert-OH is 1. The summed E-state index contributed by atoms with van der Waals surface area (Å²) in [6, 6.07) is 5.57. The van der Waals surface area contributed by atoms with Crippen molar-refractivity contribution in [3.05, 3.63) is 33.8 Å². The number of halogens is 1. The third kappa shape index (κ3) is 3.32. The molecule has 0 spiro atoms. The Morgan fingerprint density at radius 3 is 2.88 bits per heavy atom. The van der Waals surface area contributed by atoms with E-state index in [1.807, 2.05) is 26.0 Å². The number of rotatable bonds is 4. The number of aryl methyl sites for hydroxylation is 1. The topological polar surface area (TPSA) is 49.3 Å². The van der Waals surface area contributed by atoms with Crippen molar-refractivity contribution in [3.63, 3.8) is 0 Å². The predicted molar refractivity (Wildman–Crippen MR) is 67.5 cm³/mol. The van der Waals surface area contributed by atoms with Crippen LogP contribution in [0.2, 0.25) is 0 Å². The van der Waals surface area contributed by atoms with Crippen LogP contribution in [0.5, 0.6) is 0 Å². The molecule has 0 radical (unpaired) electrons. The minimum atomic E-state index is -0.115. The molecule has 2 N–H and O–H groups in total. The fourth-order valence-corrected chi connectivity index (χ4v) is 1.69. The lowest BCUT2D eigenvalue weighted by Gasteiger charge is -2.11. The zero-order chi connectivity index (χ0) is 12.1. The fourth-order valence-electron chi connectivity index (χ4n) is 1.25. The lowest BCUT2D eigenvalue weighted by Crippen LogP contribution is -2.29. The Labute approximate surface area is 104 Å². The van der Waals surface area contributed by atoms with E-state index in [9.17, 15) is 4.79 Å². The summed E-state index contributed by atoms with van der Waals surface area (Å²) in [6.07, 6.45) is 0. The maximum absolute atomic E-state index is 11.8. The summed E-state index contributed by atoms with van der Waals surface area (Å²) < 4.78 is 0.823. The summed E-state index contributed by atoms with van der Waals surface area (Å²) in [6.45, 7) is 4.38. The number of carbonyl (C=O) groups excluding carboxylic acids is 1. The molecular formula is C12H16BrNO2. The monoisotopic (exact) mass is 285 g/mol. The second kappa shape index (κ2) is 6.01. The van der Waals surface area contributed by atoms with Crippen LogP contribution in [-0.4, -0.2) is 24.2 Å². The molecule has 0 aliphatic heterocycles. The van der Waals surface area contributed by atoms with Crippen LogP contribution >= 0.6 is 15.9 Å². The number of hydrogen-bond acceptors (Lipinski definition) is 2. The smallest absolute Gasteiger partial charge is 0.252 e. The van der Waals surface area contributed by atoms with E-state index in [1.165, 1.54) is 0 Å². The normalized spacial score (nSPS) is 12.2. The highest BCUT2D eigenvalue weighted by molar-refractivity contribution is 9.10. The molecule has 0 aliphatic carbocycles. The first-order valence-electron chi connectivity index (χ1n) is 5.20. The summed E-state index contributed by atoms with van der Waals surface area (Å²) in [5, 5.41) is 11.6. The predicted octanol–water partition coefficient (Wildman–Crippen LogP) is 2.12. The molecule has 1 rings (SSSR count). The highest BCUT2D eigenvalue weighted by Gasteiger charge is 2.11. The van der Waals surface area contributed by atoms with Crippen LogP contribution in [-0.2, 0) is 0 Å². The van der Waals surface area contributed by atoms with Crippen molar-refractivity contribution < 1.29 is 9.90 Å². The molecule has 0 aromatic heterocycles. The minimum absolute atomic E-state index is 0.0764. The highest BCUT2D eigenvalue weighted by Crippen LogP contribution is 2.20. The van der Waals surface area contributed by atoms with Gasteiger partial charge in [0, 0.05) is 17.6 Å². The first kappa shape index (κ1) is 13.2. The molecule has 88 valence electrons. The van der Waals surface area contributed by atoms with E-state index in [-0.39, 0.29) is 18.4 Å². The van der Waals surface area contributed by atoms with Gasteiger partial charge in [0.25, 0.3) is 5.91 Å². The van der Waals surface area contributed by atoms with Crippen LogP contribution in [0.25, 0.3) is 0 Å². The maximum atomic E-state index is 11.8. The van der Waals surface area contributed by atoms with Gasteiger partial charge in [0.15, 0.2) is 0 Å². The molecule has 0 saturated heterocycles. The number of benzene rings is 1. The number of nitrogens with one attached hydrogen (secondary N) is 1. The van der Waals surface area contributed by atoms with Crippen molar-refractivity contribution in [2.24, 2.45) is 5.92 Å². The Kier molecular flexibility index (Phi) is 4.96. The van der Waals surface area contributed by atoms with Crippen molar-refractivity contribution in [2.75, 3.05) is 13.2 Å². The van der Waals surface area contributed by atoms with E-state index in [1.54, 1.807) is 6.07 Å². The van der Waals surface area contributed by atoms with Crippen molar-refractivity contribution in [3.8, 4) is 0 Å². The van der Waals surface area contributed by atoms with Gasteiger partial charge in [0.05, 0.1) is 5.56 Å². The molecule has 0 saturated carbocycles. The van der Waals surface area contributed by atoms with Gasteiger partial charge in [-0.25, -0.2) is 0 Å². The van der Waals surface area contributed by atoms with Crippen LogP contribution < -0.4 is 5.32 Å². The van der Waals surface area contributed by atoms with Gasteiger partial charge in [-0.1, -0.05) is 19.1 Å². The summed E-state index contributed by atoms with van der Waals surface area (Å²) >= 11 is 3.39. The van der Waals surface area contributed by atoms with Gasteiger partial charge in [-0.3, -0.25) is 4.79 Å². The molecule has 1 amide bonds. The molecule has 16 heavy (non-hydrogen) atoms. The largest absolute Gasteiger partial charge is 0.396 e. The summed E-state index contributed by atoms with van der Waals surface area (Å²) in [4.78, 5) is 11.8. The van der Waals surface area contributed by atoms with Crippen molar-refractivity contribution in [2.45, 2.75) is 13.8 Å². The average Bonchev–Trinajstić information content (AvgIpc) is 2.29. The highest BCUT2D eigenvalue weighted by atomic mass is 79.9. The second-order valence-corrected chi connectivity index (χ2v) is 4.73. The zero-order valence-electron chi connectivity index (χ0n) is 9.46. The molecule has 1 aromatic rings. The van der Waals surface area contributed by atoms with Crippen LogP contribution in [0.15, 0.2) is 22.7 Å². The number of hydrogen-bond donors (Lipinski definition) is 2. The minimum Gasteiger partial charge on any atom is -0.396 e. The average molecular weight is 286 g/mol. The Hall–Kier alpha value is -0.870. The second-order valence-electron chi connectivity index (χ2n) is 3.93. The van der Waals surface area contributed by atoms with E-state index >= 15 is 0 Å². The standard InChI is InChI=1S/C12H16BrNO2/c1-8(7-15)6-14-12(16)10-5-3-4-9(2)11(10)13/h3-5,8,15H,6-7H2,1-2H3,(H,14,16). The van der Waals surface area contributed by atoms with Crippen molar-refractivity contribution in [1.29, 1.82) is 0 Å². The lowest BCUT2D eigenvalue weighted by atomic mass is 10.1. The Morgan fingerprint density at radius 2 is 2.25 bits per heavy atom. The van der Waals surface area contributed by atoms with E-state index < -0.39 is 0 Å². The molecule has 0 aliphatic rings. The van der Waals surface area contributed by atoms with Crippen LogP contribution in [0, 0.1) is 12.8 Å². The van der Waals surface area contributed by atoms with Crippen molar-refractivity contribution >= 4 is 21.8 Å². The fraction of sp³-hybridized carbons (Fsp3) is 0.417. The molecule has 0 fully saturated rings. The van der Waals surface area contributed by atoms with E-state index in [0.717, 1.165) is 10.0 Å². The maximum Gasteiger partial charge on any atom is 0.252 e. The van der Waals surface area contributed by atoms with Crippen LogP contribution in [0.1, 0.15) is 22.8 Å². The van der Waals surface area contributed by atoms with Crippen molar-refractivity contribution in [1.82, 2.24) is 5.32 Å². The van der Waals surface area contributed by atoms with Gasteiger partial charge in [0.2, 0.25) is 0 Å². The zero-order valence-corrected chi connectivity index (χ0v) is 11.0. The molecule has 0 bridgehead atoms. The molecule has 1 unspecified atom stereocenters. The number of amides is 1. The first-order chi connectivity index (χ1) is 7.56. The number of carbonyl (C=O) groups is 1.